The minimum Gasteiger partial charge on any atom is -0.480 e. The van der Waals surface area contributed by atoms with Crippen LogP contribution in [0.3, 0.4) is 0 Å². The van der Waals surface area contributed by atoms with E-state index < -0.39 is 24.0 Å². The van der Waals surface area contributed by atoms with Gasteiger partial charge in [0.2, 0.25) is 0 Å². The van der Waals surface area contributed by atoms with Crippen molar-refractivity contribution in [2.24, 2.45) is 0 Å². The molecular weight excluding hydrogens is 234 g/mol. The van der Waals surface area contributed by atoms with E-state index in [2.05, 4.69) is 0 Å². The molecule has 2 rings (SSSR count). The first-order valence-corrected chi connectivity index (χ1v) is 5.87. The number of hydrogen-bond donors (Lipinski definition) is 2. The molecule has 2 N–H and O–H groups in total. The number of rotatable bonds is 3. The number of aliphatic hydroxyl groups is 1. The van der Waals surface area contributed by atoms with Crippen molar-refractivity contribution in [2.75, 3.05) is 6.54 Å². The van der Waals surface area contributed by atoms with Gasteiger partial charge in [-0.05, 0) is 18.4 Å². The van der Waals surface area contributed by atoms with Crippen LogP contribution in [0, 0.1) is 0 Å². The summed E-state index contributed by atoms with van der Waals surface area (Å²) in [4.78, 5) is 24.3. The van der Waals surface area contributed by atoms with Crippen molar-refractivity contribution in [3.63, 3.8) is 0 Å². The highest BCUT2D eigenvalue weighted by atomic mass is 16.4. The van der Waals surface area contributed by atoms with E-state index in [9.17, 15) is 14.7 Å². The number of carbonyl (C=O) groups is 2. The summed E-state index contributed by atoms with van der Waals surface area (Å²) < 4.78 is 0. The summed E-state index contributed by atoms with van der Waals surface area (Å²) in [6, 6.07) is 7.73. The van der Waals surface area contributed by atoms with Gasteiger partial charge in [-0.3, -0.25) is 4.79 Å². The van der Waals surface area contributed by atoms with Crippen LogP contribution in [0.5, 0.6) is 0 Å². The summed E-state index contributed by atoms with van der Waals surface area (Å²) in [7, 11) is 0. The minimum atomic E-state index is -1.29. The standard InChI is InChI=1S/C13H15NO4/c15-11(9-5-2-1-3-6-9)12(16)14-8-4-7-10(14)13(17)18/h1-3,5-6,10-11,15H,4,7-8H2,(H,17,18)/t10-,11-/m1/s1. The van der Waals surface area contributed by atoms with Crippen LogP contribution in [0.4, 0.5) is 0 Å². The number of carboxylic acids is 1. The molecule has 1 aromatic carbocycles. The molecule has 18 heavy (non-hydrogen) atoms. The topological polar surface area (TPSA) is 77.8 Å². The smallest absolute Gasteiger partial charge is 0.326 e. The lowest BCUT2D eigenvalue weighted by molar-refractivity contribution is -0.152. The molecule has 0 aliphatic carbocycles. The third-order valence-electron chi connectivity index (χ3n) is 3.17. The number of hydrogen-bond acceptors (Lipinski definition) is 3. The van der Waals surface area contributed by atoms with Gasteiger partial charge < -0.3 is 15.1 Å². The zero-order valence-electron chi connectivity index (χ0n) is 9.82. The lowest BCUT2D eigenvalue weighted by atomic mass is 10.1. The van der Waals surface area contributed by atoms with Crippen molar-refractivity contribution < 1.29 is 19.8 Å². The molecule has 0 spiro atoms. The summed E-state index contributed by atoms with van der Waals surface area (Å²) in [6.07, 6.45) is -0.182. The third kappa shape index (κ3) is 2.36. The van der Waals surface area contributed by atoms with E-state index in [1.165, 1.54) is 4.90 Å². The third-order valence-corrected chi connectivity index (χ3v) is 3.17. The molecule has 2 atom stereocenters. The van der Waals surface area contributed by atoms with Crippen molar-refractivity contribution in [3.05, 3.63) is 35.9 Å². The highest BCUT2D eigenvalue weighted by Gasteiger charge is 2.36. The van der Waals surface area contributed by atoms with Gasteiger partial charge in [-0.15, -0.1) is 0 Å². The van der Waals surface area contributed by atoms with E-state index in [-0.39, 0.29) is 0 Å². The van der Waals surface area contributed by atoms with Crippen LogP contribution < -0.4 is 0 Å². The van der Waals surface area contributed by atoms with Crippen LogP contribution in [0.15, 0.2) is 30.3 Å². The maximum absolute atomic E-state index is 12.1. The molecule has 0 unspecified atom stereocenters. The highest BCUT2D eigenvalue weighted by Crippen LogP contribution is 2.23. The molecule has 1 aliphatic heterocycles. The van der Waals surface area contributed by atoms with Gasteiger partial charge >= 0.3 is 5.97 Å². The van der Waals surface area contributed by atoms with Crippen molar-refractivity contribution in [1.29, 1.82) is 0 Å². The molecule has 1 saturated heterocycles. The van der Waals surface area contributed by atoms with Gasteiger partial charge in [-0.25, -0.2) is 4.79 Å². The zero-order valence-corrected chi connectivity index (χ0v) is 9.82. The fourth-order valence-corrected chi connectivity index (χ4v) is 2.22. The second kappa shape index (κ2) is 5.18. The highest BCUT2D eigenvalue weighted by molar-refractivity contribution is 5.87. The molecule has 1 aliphatic rings. The first kappa shape index (κ1) is 12.6. The Kier molecular flexibility index (Phi) is 3.62. The molecule has 96 valence electrons. The molecule has 0 radical (unpaired) electrons. The summed E-state index contributed by atoms with van der Waals surface area (Å²) in [5.74, 6) is -1.55. The average molecular weight is 249 g/mol. The number of benzene rings is 1. The summed E-state index contributed by atoms with van der Waals surface area (Å²) in [5.41, 5.74) is 0.485. The van der Waals surface area contributed by atoms with Crippen molar-refractivity contribution >= 4 is 11.9 Å². The largest absolute Gasteiger partial charge is 0.480 e. The molecule has 0 bridgehead atoms. The molecule has 0 saturated carbocycles. The molecule has 1 aromatic rings. The molecule has 5 heteroatoms. The second-order valence-corrected chi connectivity index (χ2v) is 4.34. The van der Waals surface area contributed by atoms with E-state index in [0.717, 1.165) is 0 Å². The van der Waals surface area contributed by atoms with Crippen molar-refractivity contribution in [1.82, 2.24) is 4.90 Å². The number of amides is 1. The number of nitrogens with zero attached hydrogens (tertiary/aromatic N) is 1. The first-order chi connectivity index (χ1) is 8.61. The molecule has 0 aromatic heterocycles. The van der Waals surface area contributed by atoms with E-state index >= 15 is 0 Å². The molecule has 5 nitrogen and oxygen atoms in total. The van der Waals surface area contributed by atoms with Crippen LogP contribution in [-0.4, -0.2) is 39.6 Å². The molecule has 1 heterocycles. The minimum absolute atomic E-state index is 0.389. The number of carboxylic acid groups (broad SMARTS) is 1. The van der Waals surface area contributed by atoms with Gasteiger partial charge in [0.25, 0.3) is 5.91 Å². The van der Waals surface area contributed by atoms with Crippen molar-refractivity contribution in [3.8, 4) is 0 Å². The predicted octanol–water partition coefficient (Wildman–Crippen LogP) is 0.796. The van der Waals surface area contributed by atoms with Gasteiger partial charge in [0.1, 0.15) is 6.04 Å². The quantitative estimate of drug-likeness (QED) is 0.830. The van der Waals surface area contributed by atoms with E-state index in [1.54, 1.807) is 30.3 Å². The number of likely N-dealkylation sites (tertiary alicyclic amines) is 1. The Bertz CT molecular complexity index is 446. The predicted molar refractivity (Wildman–Crippen MR) is 63.8 cm³/mol. The number of carbonyl (C=O) groups excluding carboxylic acids is 1. The second-order valence-electron chi connectivity index (χ2n) is 4.34. The van der Waals surface area contributed by atoms with Gasteiger partial charge in [-0.2, -0.15) is 0 Å². The van der Waals surface area contributed by atoms with E-state index in [1.807, 2.05) is 0 Å². The summed E-state index contributed by atoms with van der Waals surface area (Å²) in [6.45, 7) is 0.389. The Morgan fingerprint density at radius 2 is 1.94 bits per heavy atom. The lowest BCUT2D eigenvalue weighted by Gasteiger charge is -2.24. The van der Waals surface area contributed by atoms with E-state index in [0.29, 0.717) is 24.9 Å². The SMILES string of the molecule is O=C(O)[C@H]1CCCN1C(=O)[C@H](O)c1ccccc1. The Morgan fingerprint density at radius 3 is 2.56 bits per heavy atom. The molecule has 1 amide bonds. The maximum atomic E-state index is 12.1. The van der Waals surface area contributed by atoms with Crippen LogP contribution in [-0.2, 0) is 9.59 Å². The van der Waals surface area contributed by atoms with Crippen LogP contribution >= 0.6 is 0 Å². The summed E-state index contributed by atoms with van der Waals surface area (Å²) >= 11 is 0. The Morgan fingerprint density at radius 1 is 1.28 bits per heavy atom. The molecule has 1 fully saturated rings. The fraction of sp³-hybridized carbons (Fsp3) is 0.385. The van der Waals surface area contributed by atoms with E-state index in [4.69, 9.17) is 5.11 Å². The Labute approximate surface area is 105 Å². The van der Waals surface area contributed by atoms with Gasteiger partial charge in [0.05, 0.1) is 0 Å². The maximum Gasteiger partial charge on any atom is 0.326 e. The zero-order chi connectivity index (χ0) is 13.1. The fourth-order valence-electron chi connectivity index (χ4n) is 2.22. The monoisotopic (exact) mass is 249 g/mol. The van der Waals surface area contributed by atoms with Crippen LogP contribution in [0.2, 0.25) is 0 Å². The van der Waals surface area contributed by atoms with Gasteiger partial charge in [0.15, 0.2) is 6.10 Å². The Hall–Kier alpha value is -1.88. The summed E-state index contributed by atoms with van der Waals surface area (Å²) in [5, 5.41) is 19.0. The number of aliphatic carboxylic acids is 1. The van der Waals surface area contributed by atoms with Gasteiger partial charge in [-0.1, -0.05) is 30.3 Å². The van der Waals surface area contributed by atoms with Crippen molar-refractivity contribution in [2.45, 2.75) is 25.0 Å². The average Bonchev–Trinajstić information content (AvgIpc) is 2.87. The van der Waals surface area contributed by atoms with Crippen LogP contribution in [0.1, 0.15) is 24.5 Å². The Balaban J connectivity index is 2.14. The first-order valence-electron chi connectivity index (χ1n) is 5.87. The van der Waals surface area contributed by atoms with Crippen LogP contribution in [0.25, 0.3) is 0 Å². The van der Waals surface area contributed by atoms with Gasteiger partial charge in [0, 0.05) is 6.54 Å². The molecular formula is C13H15NO4. The lowest BCUT2D eigenvalue weighted by Crippen LogP contribution is -2.42. The number of aliphatic hydroxyl groups excluding tert-OH is 1. The normalized spacial score (nSPS) is 20.7.